The highest BCUT2D eigenvalue weighted by molar-refractivity contribution is 6.08. The maximum Gasteiger partial charge on any atom is 0.310 e. The summed E-state index contributed by atoms with van der Waals surface area (Å²) in [6, 6.07) is 6.65. The van der Waals surface area contributed by atoms with E-state index in [1.807, 2.05) is 0 Å². The molecule has 254 valence electrons. The van der Waals surface area contributed by atoms with Crippen LogP contribution in [0.1, 0.15) is 105 Å². The third-order valence-corrected chi connectivity index (χ3v) is 14.7. The Hall–Kier alpha value is -3.49. The molecule has 47 heavy (non-hydrogen) atoms. The number of nitro benzene ring substituents is 1. The fourth-order valence-electron chi connectivity index (χ4n) is 12.0. The van der Waals surface area contributed by atoms with Gasteiger partial charge < -0.3 is 16.6 Å². The second-order valence-electron chi connectivity index (χ2n) is 17.0. The summed E-state index contributed by atoms with van der Waals surface area (Å²) in [6.45, 7) is 16.6. The van der Waals surface area contributed by atoms with E-state index < -0.39 is 11.4 Å². The summed E-state index contributed by atoms with van der Waals surface area (Å²) in [7, 11) is 0. The SMILES string of the molecule is C[C@@H]1CC[C@]2(C(=O)O)CC[C@]3(C)C(=CCC4[C@@]5(C)CC(=C\c6ccc([N+](=O)[O-])cc6)/C(=N\N=C(N)N)C(C)(C)C5CC[C@]43C)C2[C@H]1C. The molecule has 5 aliphatic carbocycles. The van der Waals surface area contributed by atoms with Gasteiger partial charge in [-0.3, -0.25) is 14.9 Å². The lowest BCUT2D eigenvalue weighted by Gasteiger charge is -2.71. The van der Waals surface area contributed by atoms with Gasteiger partial charge in [-0.25, -0.2) is 0 Å². The van der Waals surface area contributed by atoms with Gasteiger partial charge in [-0.2, -0.15) is 5.10 Å². The highest BCUT2D eigenvalue weighted by Crippen LogP contribution is 2.76. The number of benzene rings is 1. The van der Waals surface area contributed by atoms with Crippen LogP contribution in [-0.2, 0) is 4.79 Å². The highest BCUT2D eigenvalue weighted by Gasteiger charge is 2.69. The number of guanidine groups is 1. The second kappa shape index (κ2) is 11.0. The number of rotatable bonds is 4. The summed E-state index contributed by atoms with van der Waals surface area (Å²) in [6.07, 6.45) is 11.8. The first kappa shape index (κ1) is 33.4. The second-order valence-corrected chi connectivity index (χ2v) is 17.0. The number of nitro groups is 1. The van der Waals surface area contributed by atoms with Crippen molar-refractivity contribution in [3.63, 3.8) is 0 Å². The Bertz CT molecular complexity index is 1610. The number of aliphatic carboxylic acids is 1. The minimum Gasteiger partial charge on any atom is -0.481 e. The van der Waals surface area contributed by atoms with Gasteiger partial charge in [-0.1, -0.05) is 60.1 Å². The number of hydrogen-bond acceptors (Lipinski definition) is 5. The minimum absolute atomic E-state index is 0.00354. The Kier molecular flexibility index (Phi) is 7.84. The van der Waals surface area contributed by atoms with Crippen LogP contribution in [-0.4, -0.2) is 27.7 Å². The van der Waals surface area contributed by atoms with Crippen molar-refractivity contribution in [3.8, 4) is 0 Å². The molecule has 5 N–H and O–H groups in total. The third kappa shape index (κ3) is 4.72. The van der Waals surface area contributed by atoms with Crippen LogP contribution in [0.5, 0.6) is 0 Å². The largest absolute Gasteiger partial charge is 0.481 e. The van der Waals surface area contributed by atoms with Crippen molar-refractivity contribution < 1.29 is 14.8 Å². The van der Waals surface area contributed by atoms with Crippen molar-refractivity contribution in [2.75, 3.05) is 0 Å². The van der Waals surface area contributed by atoms with Gasteiger partial charge in [-0.15, -0.1) is 5.10 Å². The van der Waals surface area contributed by atoms with Crippen LogP contribution >= 0.6 is 0 Å². The molecule has 4 fully saturated rings. The summed E-state index contributed by atoms with van der Waals surface area (Å²) >= 11 is 0. The van der Waals surface area contributed by atoms with E-state index in [1.54, 1.807) is 12.1 Å². The molecule has 4 saturated carbocycles. The number of non-ortho nitro benzene ring substituents is 1. The molecule has 0 heterocycles. The fourth-order valence-corrected chi connectivity index (χ4v) is 12.0. The molecule has 9 nitrogen and oxygen atoms in total. The first-order chi connectivity index (χ1) is 21.9. The molecule has 1 aromatic rings. The van der Waals surface area contributed by atoms with E-state index in [2.05, 4.69) is 70.8 Å². The zero-order valence-electron chi connectivity index (χ0n) is 29.2. The summed E-state index contributed by atoms with van der Waals surface area (Å²) in [5, 5.41) is 30.9. The van der Waals surface area contributed by atoms with E-state index in [1.165, 1.54) is 17.7 Å². The minimum atomic E-state index is -0.661. The molecule has 0 amide bonds. The van der Waals surface area contributed by atoms with Crippen LogP contribution in [0.25, 0.3) is 6.08 Å². The number of allylic oxidation sites excluding steroid dienone is 3. The predicted octanol–water partition coefficient (Wildman–Crippen LogP) is 7.96. The molecule has 0 bridgehead atoms. The molecule has 0 saturated heterocycles. The van der Waals surface area contributed by atoms with Gasteiger partial charge >= 0.3 is 5.97 Å². The molecular weight excluding hydrogens is 590 g/mol. The van der Waals surface area contributed by atoms with Crippen molar-refractivity contribution in [1.82, 2.24) is 0 Å². The van der Waals surface area contributed by atoms with Gasteiger partial charge in [-0.05, 0) is 127 Å². The van der Waals surface area contributed by atoms with E-state index in [9.17, 15) is 20.0 Å². The van der Waals surface area contributed by atoms with Crippen molar-refractivity contribution >= 4 is 29.4 Å². The molecule has 1 aromatic carbocycles. The number of hydrogen-bond donors (Lipinski definition) is 3. The molecular formula is C38H53N5O4. The number of carboxylic acid groups (broad SMARTS) is 1. The number of fused-ring (bicyclic) bond motifs is 7. The van der Waals surface area contributed by atoms with Gasteiger partial charge in [0.25, 0.3) is 5.69 Å². The van der Waals surface area contributed by atoms with Crippen LogP contribution in [0.4, 0.5) is 5.69 Å². The van der Waals surface area contributed by atoms with Gasteiger partial charge in [0.2, 0.25) is 5.96 Å². The molecule has 9 atom stereocenters. The molecule has 0 radical (unpaired) electrons. The Labute approximate surface area is 279 Å². The van der Waals surface area contributed by atoms with E-state index in [0.29, 0.717) is 23.7 Å². The van der Waals surface area contributed by atoms with E-state index in [0.717, 1.165) is 68.2 Å². The number of carbonyl (C=O) groups is 1. The predicted molar refractivity (Wildman–Crippen MR) is 186 cm³/mol. The van der Waals surface area contributed by atoms with Gasteiger partial charge in [0.15, 0.2) is 0 Å². The first-order valence-electron chi connectivity index (χ1n) is 17.5. The van der Waals surface area contributed by atoms with E-state index in [-0.39, 0.29) is 44.1 Å². The first-order valence-corrected chi connectivity index (χ1v) is 17.5. The lowest BCUT2D eigenvalue weighted by atomic mass is 9.33. The molecule has 0 spiro atoms. The molecule has 5 aliphatic rings. The van der Waals surface area contributed by atoms with Crippen LogP contribution < -0.4 is 11.5 Å². The average Bonchev–Trinajstić information content (AvgIpc) is 2.98. The number of nitrogens with zero attached hydrogens (tertiary/aromatic N) is 3. The highest BCUT2D eigenvalue weighted by atomic mass is 16.6. The molecule has 3 unspecified atom stereocenters. The van der Waals surface area contributed by atoms with Crippen molar-refractivity contribution in [3.05, 3.63) is 57.2 Å². The standard InChI is InChI=1S/C38H53N5O4/c1-22-14-17-38(32(44)45)19-18-36(6)27(30(38)23(22)2)12-13-29-35(5)21-25(20-24-8-10-26(11-9-24)43(46)47)31(41-42-33(39)40)34(3,4)28(35)15-16-37(29,36)7/h8-12,20,22-23,28-30H,13-19,21H2,1-7H3,(H,44,45)(H4,39,40,42)/b25-20+,41-31+/t22-,23+,28?,29?,30?,35+,36-,37-,38+/m1/s1. The topological polar surface area (TPSA) is 157 Å². The number of carboxylic acids is 1. The van der Waals surface area contributed by atoms with Crippen molar-refractivity contribution in [2.24, 2.45) is 78.3 Å². The Balaban J connectivity index is 1.47. The average molecular weight is 644 g/mol. The van der Waals surface area contributed by atoms with Crippen LogP contribution in [0.2, 0.25) is 0 Å². The monoisotopic (exact) mass is 643 g/mol. The summed E-state index contributed by atoms with van der Waals surface area (Å²) in [5.41, 5.74) is 14.6. The van der Waals surface area contributed by atoms with E-state index in [4.69, 9.17) is 11.5 Å². The van der Waals surface area contributed by atoms with Gasteiger partial charge in [0, 0.05) is 17.5 Å². The maximum atomic E-state index is 13.1. The smallest absolute Gasteiger partial charge is 0.310 e. The van der Waals surface area contributed by atoms with Crippen molar-refractivity contribution in [1.29, 1.82) is 0 Å². The fraction of sp³-hybridized carbons (Fsp3) is 0.658. The molecule has 0 aliphatic heterocycles. The normalized spacial score (nSPS) is 42.3. The van der Waals surface area contributed by atoms with Crippen LogP contribution in [0, 0.1) is 66.8 Å². The molecule has 6 rings (SSSR count). The number of nitrogens with two attached hydrogens (primary N) is 2. The Morgan fingerprint density at radius 1 is 1.00 bits per heavy atom. The third-order valence-electron chi connectivity index (χ3n) is 14.7. The zero-order valence-corrected chi connectivity index (χ0v) is 29.2. The van der Waals surface area contributed by atoms with Crippen molar-refractivity contribution in [2.45, 2.75) is 99.8 Å². The maximum absolute atomic E-state index is 13.1. The Morgan fingerprint density at radius 3 is 2.30 bits per heavy atom. The summed E-state index contributed by atoms with van der Waals surface area (Å²) < 4.78 is 0. The zero-order chi connectivity index (χ0) is 34.3. The quantitative estimate of drug-likeness (QED) is 0.0993. The van der Waals surface area contributed by atoms with Crippen LogP contribution in [0.15, 0.2) is 51.7 Å². The lowest BCUT2D eigenvalue weighted by Crippen LogP contribution is -2.65. The van der Waals surface area contributed by atoms with Gasteiger partial charge in [0.05, 0.1) is 16.0 Å². The molecule has 9 heteroatoms. The Morgan fingerprint density at radius 2 is 1.68 bits per heavy atom. The van der Waals surface area contributed by atoms with E-state index >= 15 is 0 Å². The lowest BCUT2D eigenvalue weighted by molar-refractivity contribution is -0.384. The molecule has 0 aromatic heterocycles. The summed E-state index contributed by atoms with van der Waals surface area (Å²) in [5.74, 6) is 0.913. The van der Waals surface area contributed by atoms with Crippen LogP contribution in [0.3, 0.4) is 0 Å². The van der Waals surface area contributed by atoms with Gasteiger partial charge in [0.1, 0.15) is 0 Å². The summed E-state index contributed by atoms with van der Waals surface area (Å²) in [4.78, 5) is 24.0.